The van der Waals surface area contributed by atoms with Crippen LogP contribution in [-0.2, 0) is 0 Å². The fourth-order valence-electron chi connectivity index (χ4n) is 6.09. The van der Waals surface area contributed by atoms with Crippen LogP contribution in [-0.4, -0.2) is 11.2 Å². The molecule has 2 saturated carbocycles. The normalized spacial score (nSPS) is 50.6. The van der Waals surface area contributed by atoms with Gasteiger partial charge in [0.1, 0.15) is 0 Å². The second kappa shape index (κ2) is 4.47. The number of aliphatic hydroxyl groups is 1. The molecule has 0 aromatic rings. The van der Waals surface area contributed by atoms with Crippen molar-refractivity contribution in [1.82, 2.24) is 0 Å². The van der Waals surface area contributed by atoms with Gasteiger partial charge in [0.15, 0.2) is 0 Å². The Morgan fingerprint density at radius 2 is 2.00 bits per heavy atom. The molecular weight excluding hydrogens is 244 g/mol. The maximum Gasteiger partial charge on any atom is 0.0723 e. The molecule has 0 aromatic carbocycles. The molecule has 1 nitrogen and oxygen atoms in total. The maximum absolute atomic E-state index is 9.89. The average molecular weight is 272 g/mol. The molecule has 6 atom stereocenters. The zero-order valence-electron chi connectivity index (χ0n) is 12.9. The van der Waals surface area contributed by atoms with Crippen molar-refractivity contribution in [1.29, 1.82) is 0 Å². The molecule has 4 aliphatic rings. The Morgan fingerprint density at radius 3 is 2.85 bits per heavy atom. The van der Waals surface area contributed by atoms with Gasteiger partial charge in [-0.2, -0.15) is 0 Å². The summed E-state index contributed by atoms with van der Waals surface area (Å²) >= 11 is 0. The molecule has 0 heterocycles. The first-order chi connectivity index (χ1) is 9.59. The predicted molar refractivity (Wildman–Crippen MR) is 82.2 cm³/mol. The van der Waals surface area contributed by atoms with Crippen LogP contribution in [0.25, 0.3) is 0 Å². The quantitative estimate of drug-likeness (QED) is 0.645. The summed E-state index contributed by atoms with van der Waals surface area (Å²) in [5, 5.41) is 9.89. The van der Waals surface area contributed by atoms with Crippen LogP contribution in [0.15, 0.2) is 23.3 Å². The number of hydrogen-bond donors (Lipinski definition) is 1. The van der Waals surface area contributed by atoms with E-state index in [0.29, 0.717) is 5.41 Å². The largest absolute Gasteiger partial charge is 0.389 e. The summed E-state index contributed by atoms with van der Waals surface area (Å²) in [5.74, 6) is 3.58. The third-order valence-corrected chi connectivity index (χ3v) is 7.40. The van der Waals surface area contributed by atoms with E-state index >= 15 is 0 Å². The van der Waals surface area contributed by atoms with Crippen LogP contribution in [0.3, 0.4) is 0 Å². The van der Waals surface area contributed by atoms with Gasteiger partial charge >= 0.3 is 0 Å². The Balaban J connectivity index is 1.62. The van der Waals surface area contributed by atoms with Crippen molar-refractivity contribution >= 4 is 0 Å². The lowest BCUT2D eigenvalue weighted by molar-refractivity contribution is 0.00465. The van der Waals surface area contributed by atoms with E-state index in [1.165, 1.54) is 38.5 Å². The first kappa shape index (κ1) is 13.1. The molecule has 0 bridgehead atoms. The maximum atomic E-state index is 9.89. The van der Waals surface area contributed by atoms with Gasteiger partial charge < -0.3 is 5.11 Å². The number of fused-ring (bicyclic) bond motifs is 5. The summed E-state index contributed by atoms with van der Waals surface area (Å²) in [5.41, 5.74) is 3.79. The van der Waals surface area contributed by atoms with Crippen LogP contribution in [0.2, 0.25) is 0 Å². The summed E-state index contributed by atoms with van der Waals surface area (Å²) in [6.07, 6.45) is 13.6. The Morgan fingerprint density at radius 1 is 1.15 bits per heavy atom. The van der Waals surface area contributed by atoms with Gasteiger partial charge in [-0.1, -0.05) is 30.2 Å². The van der Waals surface area contributed by atoms with Crippen molar-refractivity contribution in [2.24, 2.45) is 29.1 Å². The SMILES string of the molecule is CC1=CCC2C3CCC4=CC(O)CCC4C3CCC12C. The number of allylic oxidation sites excluding steroid dienone is 3. The molecule has 1 N–H and O–H groups in total. The highest BCUT2D eigenvalue weighted by molar-refractivity contribution is 5.26. The van der Waals surface area contributed by atoms with E-state index in [0.717, 1.165) is 30.1 Å². The summed E-state index contributed by atoms with van der Waals surface area (Å²) < 4.78 is 0. The molecule has 0 aliphatic heterocycles. The summed E-state index contributed by atoms with van der Waals surface area (Å²) in [7, 11) is 0. The van der Waals surface area contributed by atoms with Gasteiger partial charge in [-0.25, -0.2) is 0 Å². The number of rotatable bonds is 0. The molecule has 4 aliphatic carbocycles. The van der Waals surface area contributed by atoms with Gasteiger partial charge in [0.2, 0.25) is 0 Å². The molecule has 0 aromatic heterocycles. The van der Waals surface area contributed by atoms with Crippen LogP contribution >= 0.6 is 0 Å². The predicted octanol–water partition coefficient (Wildman–Crippen LogP) is 4.48. The Hall–Kier alpha value is -0.560. The molecule has 6 unspecified atom stereocenters. The first-order valence-electron chi connectivity index (χ1n) is 8.65. The first-order valence-corrected chi connectivity index (χ1v) is 8.65. The van der Waals surface area contributed by atoms with Crippen LogP contribution in [0.1, 0.15) is 58.8 Å². The summed E-state index contributed by atoms with van der Waals surface area (Å²) in [6, 6.07) is 0. The Kier molecular flexibility index (Phi) is 2.93. The van der Waals surface area contributed by atoms with Gasteiger partial charge in [-0.15, -0.1) is 0 Å². The van der Waals surface area contributed by atoms with Gasteiger partial charge in [0.25, 0.3) is 0 Å². The Labute approximate surface area is 123 Å². The number of aliphatic hydroxyl groups excluding tert-OH is 1. The lowest BCUT2D eigenvalue weighted by Gasteiger charge is -2.53. The van der Waals surface area contributed by atoms with Gasteiger partial charge in [-0.05, 0) is 81.0 Å². The number of hydrogen-bond acceptors (Lipinski definition) is 1. The molecule has 20 heavy (non-hydrogen) atoms. The molecule has 1 heteroatoms. The van der Waals surface area contributed by atoms with Crippen molar-refractivity contribution in [3.63, 3.8) is 0 Å². The summed E-state index contributed by atoms with van der Waals surface area (Å²) in [6.45, 7) is 4.90. The zero-order valence-corrected chi connectivity index (χ0v) is 12.9. The van der Waals surface area contributed by atoms with Crippen LogP contribution in [0.5, 0.6) is 0 Å². The van der Waals surface area contributed by atoms with Crippen molar-refractivity contribution < 1.29 is 5.11 Å². The molecule has 4 rings (SSSR count). The molecule has 0 amide bonds. The molecule has 2 fully saturated rings. The monoisotopic (exact) mass is 272 g/mol. The summed E-state index contributed by atoms with van der Waals surface area (Å²) in [4.78, 5) is 0. The van der Waals surface area contributed by atoms with Gasteiger partial charge in [0.05, 0.1) is 6.10 Å². The fourth-order valence-corrected chi connectivity index (χ4v) is 6.09. The highest BCUT2D eigenvalue weighted by Gasteiger charge is 2.52. The van der Waals surface area contributed by atoms with Crippen LogP contribution in [0.4, 0.5) is 0 Å². The third kappa shape index (κ3) is 1.71. The third-order valence-electron chi connectivity index (χ3n) is 7.40. The van der Waals surface area contributed by atoms with Crippen molar-refractivity contribution in [2.75, 3.05) is 0 Å². The minimum Gasteiger partial charge on any atom is -0.389 e. The lowest BCUT2D eigenvalue weighted by atomic mass is 9.51. The van der Waals surface area contributed by atoms with Crippen molar-refractivity contribution in [2.45, 2.75) is 64.9 Å². The molecule has 110 valence electrons. The molecular formula is C19H28O. The second-order valence-electron chi connectivity index (χ2n) is 8.04. The smallest absolute Gasteiger partial charge is 0.0723 e. The topological polar surface area (TPSA) is 20.2 Å². The fraction of sp³-hybridized carbons (Fsp3) is 0.789. The molecule has 0 spiro atoms. The van der Waals surface area contributed by atoms with E-state index in [1.54, 1.807) is 11.1 Å². The molecule has 0 saturated heterocycles. The van der Waals surface area contributed by atoms with Crippen LogP contribution < -0.4 is 0 Å². The van der Waals surface area contributed by atoms with E-state index in [4.69, 9.17) is 0 Å². The van der Waals surface area contributed by atoms with E-state index in [-0.39, 0.29) is 6.10 Å². The zero-order chi connectivity index (χ0) is 13.9. The lowest BCUT2D eigenvalue weighted by Crippen LogP contribution is -2.45. The second-order valence-corrected chi connectivity index (χ2v) is 8.04. The minimum absolute atomic E-state index is 0.151. The van der Waals surface area contributed by atoms with Gasteiger partial charge in [0, 0.05) is 0 Å². The Bertz CT molecular complexity index is 474. The van der Waals surface area contributed by atoms with Crippen molar-refractivity contribution in [3.05, 3.63) is 23.3 Å². The van der Waals surface area contributed by atoms with E-state index < -0.39 is 0 Å². The van der Waals surface area contributed by atoms with Gasteiger partial charge in [-0.3, -0.25) is 0 Å². The van der Waals surface area contributed by atoms with Crippen LogP contribution in [0, 0.1) is 29.1 Å². The average Bonchev–Trinajstić information content (AvgIpc) is 2.74. The highest BCUT2D eigenvalue weighted by atomic mass is 16.3. The minimum atomic E-state index is -0.151. The van der Waals surface area contributed by atoms with E-state index in [9.17, 15) is 5.11 Å². The van der Waals surface area contributed by atoms with E-state index in [1.807, 2.05) is 0 Å². The van der Waals surface area contributed by atoms with E-state index in [2.05, 4.69) is 26.0 Å². The molecule has 0 radical (unpaired) electrons. The standard InChI is InChI=1S/C19H28O/c1-12-3-8-18-17-6-4-13-11-14(20)5-7-15(13)16(17)9-10-19(12,18)2/h3,11,14-18,20H,4-10H2,1-2H3. The highest BCUT2D eigenvalue weighted by Crippen LogP contribution is 2.61. The van der Waals surface area contributed by atoms with Crippen molar-refractivity contribution in [3.8, 4) is 0 Å².